The fourth-order valence-electron chi connectivity index (χ4n) is 1.52. The molecule has 1 atom stereocenters. The molecule has 16 heavy (non-hydrogen) atoms. The average Bonchev–Trinajstić information content (AvgIpc) is 2.79. The maximum atomic E-state index is 5.78. The van der Waals surface area contributed by atoms with Crippen LogP contribution in [0.1, 0.15) is 10.9 Å². The van der Waals surface area contributed by atoms with Gasteiger partial charge in [0.1, 0.15) is 0 Å². The third-order valence-electron chi connectivity index (χ3n) is 2.29. The predicted octanol–water partition coefficient (Wildman–Crippen LogP) is 3.62. The Balaban J connectivity index is 2.13. The van der Waals surface area contributed by atoms with Crippen molar-refractivity contribution in [3.63, 3.8) is 0 Å². The molecule has 1 aromatic heterocycles. The van der Waals surface area contributed by atoms with Gasteiger partial charge in [-0.1, -0.05) is 28.1 Å². The highest BCUT2D eigenvalue weighted by Crippen LogP contribution is 2.24. The third kappa shape index (κ3) is 2.84. The first-order valence-electron chi connectivity index (χ1n) is 5.05. The molecule has 84 valence electrons. The molecule has 0 aliphatic carbocycles. The second-order valence-electron chi connectivity index (χ2n) is 3.46. The smallest absolute Gasteiger partial charge is 0.0728 e. The SMILES string of the molecule is NCC(Nc1cccc(Br)c1)c1cccs1. The number of rotatable bonds is 4. The minimum atomic E-state index is 0.189. The summed E-state index contributed by atoms with van der Waals surface area (Å²) in [6, 6.07) is 12.5. The fraction of sp³-hybridized carbons (Fsp3) is 0.167. The van der Waals surface area contributed by atoms with Gasteiger partial charge in [-0.2, -0.15) is 0 Å². The van der Waals surface area contributed by atoms with Gasteiger partial charge in [-0.25, -0.2) is 0 Å². The molecule has 0 amide bonds. The van der Waals surface area contributed by atoms with Gasteiger partial charge < -0.3 is 11.1 Å². The third-order valence-corrected chi connectivity index (χ3v) is 3.77. The Kier molecular flexibility index (Phi) is 3.98. The summed E-state index contributed by atoms with van der Waals surface area (Å²) in [5.41, 5.74) is 6.86. The fourth-order valence-corrected chi connectivity index (χ4v) is 2.71. The zero-order chi connectivity index (χ0) is 11.4. The van der Waals surface area contributed by atoms with E-state index in [0.717, 1.165) is 10.2 Å². The van der Waals surface area contributed by atoms with Gasteiger partial charge in [0, 0.05) is 21.6 Å². The van der Waals surface area contributed by atoms with E-state index in [1.54, 1.807) is 11.3 Å². The van der Waals surface area contributed by atoms with Crippen LogP contribution in [0.15, 0.2) is 46.3 Å². The lowest BCUT2D eigenvalue weighted by Gasteiger charge is -2.16. The first-order valence-corrected chi connectivity index (χ1v) is 6.72. The van der Waals surface area contributed by atoms with Crippen molar-refractivity contribution in [2.45, 2.75) is 6.04 Å². The van der Waals surface area contributed by atoms with E-state index < -0.39 is 0 Å². The van der Waals surface area contributed by atoms with Crippen LogP contribution in [0.2, 0.25) is 0 Å². The number of thiophene rings is 1. The van der Waals surface area contributed by atoms with Gasteiger partial charge in [-0.3, -0.25) is 0 Å². The van der Waals surface area contributed by atoms with Crippen molar-refractivity contribution in [1.29, 1.82) is 0 Å². The summed E-state index contributed by atoms with van der Waals surface area (Å²) in [6.45, 7) is 0.590. The highest BCUT2D eigenvalue weighted by molar-refractivity contribution is 9.10. The molecule has 1 unspecified atom stereocenters. The first kappa shape index (κ1) is 11.6. The summed E-state index contributed by atoms with van der Waals surface area (Å²) >= 11 is 5.18. The normalized spacial score (nSPS) is 12.4. The van der Waals surface area contributed by atoms with E-state index in [1.807, 2.05) is 24.3 Å². The van der Waals surface area contributed by atoms with Crippen LogP contribution in [-0.2, 0) is 0 Å². The van der Waals surface area contributed by atoms with Crippen LogP contribution in [-0.4, -0.2) is 6.54 Å². The number of nitrogens with one attached hydrogen (secondary N) is 1. The lowest BCUT2D eigenvalue weighted by molar-refractivity contribution is 0.806. The van der Waals surface area contributed by atoms with E-state index in [4.69, 9.17) is 5.73 Å². The number of nitrogens with two attached hydrogens (primary N) is 1. The van der Waals surface area contributed by atoms with Crippen LogP contribution in [0.25, 0.3) is 0 Å². The van der Waals surface area contributed by atoms with Gasteiger partial charge in [0.05, 0.1) is 6.04 Å². The minimum absolute atomic E-state index is 0.189. The van der Waals surface area contributed by atoms with Crippen molar-refractivity contribution in [3.05, 3.63) is 51.1 Å². The van der Waals surface area contributed by atoms with Gasteiger partial charge in [-0.15, -0.1) is 11.3 Å². The van der Waals surface area contributed by atoms with Gasteiger partial charge in [0.25, 0.3) is 0 Å². The molecule has 2 nitrogen and oxygen atoms in total. The van der Waals surface area contributed by atoms with Gasteiger partial charge in [-0.05, 0) is 29.6 Å². The van der Waals surface area contributed by atoms with E-state index in [9.17, 15) is 0 Å². The largest absolute Gasteiger partial charge is 0.376 e. The quantitative estimate of drug-likeness (QED) is 0.904. The summed E-state index contributed by atoms with van der Waals surface area (Å²) in [6.07, 6.45) is 0. The van der Waals surface area contributed by atoms with Gasteiger partial charge in [0.15, 0.2) is 0 Å². The van der Waals surface area contributed by atoms with Crippen LogP contribution in [0.5, 0.6) is 0 Å². The Morgan fingerprint density at radius 1 is 1.31 bits per heavy atom. The molecule has 1 aromatic carbocycles. The van der Waals surface area contributed by atoms with E-state index in [0.29, 0.717) is 6.54 Å². The highest BCUT2D eigenvalue weighted by atomic mass is 79.9. The van der Waals surface area contributed by atoms with Gasteiger partial charge >= 0.3 is 0 Å². The lowest BCUT2D eigenvalue weighted by Crippen LogP contribution is -2.19. The second-order valence-corrected chi connectivity index (χ2v) is 5.35. The molecule has 0 aliphatic heterocycles. The monoisotopic (exact) mass is 296 g/mol. The van der Waals surface area contributed by atoms with Crippen LogP contribution in [0.4, 0.5) is 5.69 Å². The Morgan fingerprint density at radius 3 is 2.81 bits per heavy atom. The molecule has 4 heteroatoms. The molecule has 0 saturated carbocycles. The van der Waals surface area contributed by atoms with Crippen molar-refractivity contribution >= 4 is 33.0 Å². The molecule has 0 aliphatic rings. The van der Waals surface area contributed by atoms with E-state index in [-0.39, 0.29) is 6.04 Å². The Hall–Kier alpha value is -0.840. The van der Waals surface area contributed by atoms with Crippen molar-refractivity contribution in [3.8, 4) is 0 Å². The maximum absolute atomic E-state index is 5.78. The molecule has 1 heterocycles. The van der Waals surface area contributed by atoms with Crippen LogP contribution >= 0.6 is 27.3 Å². The zero-order valence-corrected chi connectivity index (χ0v) is 11.1. The summed E-state index contributed by atoms with van der Waals surface area (Å²) in [7, 11) is 0. The number of hydrogen-bond acceptors (Lipinski definition) is 3. The van der Waals surface area contributed by atoms with Crippen molar-refractivity contribution in [1.82, 2.24) is 0 Å². The first-order chi connectivity index (χ1) is 7.79. The second kappa shape index (κ2) is 5.48. The molecule has 0 bridgehead atoms. The summed E-state index contributed by atoms with van der Waals surface area (Å²) in [4.78, 5) is 1.27. The number of hydrogen-bond donors (Lipinski definition) is 2. The Morgan fingerprint density at radius 2 is 2.19 bits per heavy atom. The average molecular weight is 297 g/mol. The molecule has 0 saturated heterocycles. The van der Waals surface area contributed by atoms with Crippen molar-refractivity contribution in [2.75, 3.05) is 11.9 Å². The van der Waals surface area contributed by atoms with E-state index >= 15 is 0 Å². The molecule has 0 radical (unpaired) electrons. The Labute approximate surface area is 108 Å². The minimum Gasteiger partial charge on any atom is -0.376 e. The van der Waals surface area contributed by atoms with Crippen LogP contribution in [0, 0.1) is 0 Å². The van der Waals surface area contributed by atoms with Crippen LogP contribution in [0.3, 0.4) is 0 Å². The number of benzene rings is 1. The Bertz CT molecular complexity index is 442. The summed E-state index contributed by atoms with van der Waals surface area (Å²) < 4.78 is 1.07. The zero-order valence-electron chi connectivity index (χ0n) is 8.69. The molecule has 0 fully saturated rings. The van der Waals surface area contributed by atoms with Crippen molar-refractivity contribution in [2.24, 2.45) is 5.73 Å². The molecular weight excluding hydrogens is 284 g/mol. The molecule has 0 spiro atoms. The topological polar surface area (TPSA) is 38.0 Å². The number of halogens is 1. The molecule has 3 N–H and O–H groups in total. The predicted molar refractivity (Wildman–Crippen MR) is 73.9 cm³/mol. The summed E-state index contributed by atoms with van der Waals surface area (Å²) in [5.74, 6) is 0. The lowest BCUT2D eigenvalue weighted by atomic mass is 10.2. The van der Waals surface area contributed by atoms with E-state index in [2.05, 4.69) is 38.8 Å². The van der Waals surface area contributed by atoms with E-state index in [1.165, 1.54) is 4.88 Å². The molecular formula is C12H13BrN2S. The van der Waals surface area contributed by atoms with Crippen molar-refractivity contribution < 1.29 is 0 Å². The highest BCUT2D eigenvalue weighted by Gasteiger charge is 2.09. The standard InChI is InChI=1S/C12H13BrN2S/c13-9-3-1-4-10(7-9)15-11(8-14)12-5-2-6-16-12/h1-7,11,15H,8,14H2. The molecule has 2 aromatic rings. The van der Waals surface area contributed by atoms with Crippen LogP contribution < -0.4 is 11.1 Å². The van der Waals surface area contributed by atoms with Gasteiger partial charge in [0.2, 0.25) is 0 Å². The molecule has 2 rings (SSSR count). The number of anilines is 1. The maximum Gasteiger partial charge on any atom is 0.0728 e. The summed E-state index contributed by atoms with van der Waals surface area (Å²) in [5, 5.41) is 5.50.